The van der Waals surface area contributed by atoms with Gasteiger partial charge in [-0.15, -0.1) is 0 Å². The lowest BCUT2D eigenvalue weighted by Gasteiger charge is -2.30. The van der Waals surface area contributed by atoms with Crippen molar-refractivity contribution in [3.05, 3.63) is 29.3 Å². The minimum Gasteiger partial charge on any atom is -0.213 e. The predicted molar refractivity (Wildman–Crippen MR) is 99.6 cm³/mol. The molecule has 0 atom stereocenters. The number of hydrogen-bond donors (Lipinski definition) is 1. The van der Waals surface area contributed by atoms with Crippen LogP contribution in [0.1, 0.15) is 44.7 Å². The van der Waals surface area contributed by atoms with Gasteiger partial charge < -0.3 is 0 Å². The van der Waals surface area contributed by atoms with Crippen LogP contribution in [0, 0.1) is 6.92 Å². The van der Waals surface area contributed by atoms with Crippen LogP contribution in [0.4, 0.5) is 0 Å². The maximum absolute atomic E-state index is 12.8. The third kappa shape index (κ3) is 5.03. The molecule has 1 aromatic carbocycles. The van der Waals surface area contributed by atoms with Crippen LogP contribution in [0.15, 0.2) is 23.1 Å². The molecule has 0 saturated carbocycles. The summed E-state index contributed by atoms with van der Waals surface area (Å²) in [5.41, 5.74) is 1.53. The molecule has 8 heteroatoms. The third-order valence-corrected chi connectivity index (χ3v) is 7.55. The number of piperidine rings is 1. The van der Waals surface area contributed by atoms with Gasteiger partial charge in [0, 0.05) is 19.1 Å². The first kappa shape index (κ1) is 20.4. The highest BCUT2D eigenvalue weighted by Gasteiger charge is 2.29. The number of hydrogen-bond acceptors (Lipinski definition) is 4. The molecule has 0 aliphatic carbocycles. The van der Waals surface area contributed by atoms with Gasteiger partial charge in [0.15, 0.2) is 0 Å². The van der Waals surface area contributed by atoms with Crippen molar-refractivity contribution in [2.75, 3.05) is 19.3 Å². The molecule has 0 aromatic heterocycles. The van der Waals surface area contributed by atoms with Crippen LogP contribution in [-0.4, -0.2) is 46.5 Å². The first-order chi connectivity index (χ1) is 11.3. The molecule has 142 valence electrons. The van der Waals surface area contributed by atoms with Crippen LogP contribution >= 0.6 is 0 Å². The Kier molecular flexibility index (Phi) is 5.68. The van der Waals surface area contributed by atoms with E-state index in [1.165, 1.54) is 10.6 Å². The lowest BCUT2D eigenvalue weighted by Crippen LogP contribution is -2.46. The lowest BCUT2D eigenvalue weighted by atomic mass is 9.87. The minimum atomic E-state index is -3.64. The molecular weight excluding hydrogens is 360 g/mol. The first-order valence-electron chi connectivity index (χ1n) is 8.39. The van der Waals surface area contributed by atoms with Gasteiger partial charge in [-0.25, -0.2) is 25.9 Å². The van der Waals surface area contributed by atoms with E-state index in [0.29, 0.717) is 36.4 Å². The summed E-state index contributed by atoms with van der Waals surface area (Å²) in [5.74, 6) is 0. The molecule has 1 saturated heterocycles. The van der Waals surface area contributed by atoms with Crippen molar-refractivity contribution in [3.63, 3.8) is 0 Å². The van der Waals surface area contributed by atoms with Crippen molar-refractivity contribution < 1.29 is 16.8 Å². The van der Waals surface area contributed by atoms with Crippen LogP contribution in [0.25, 0.3) is 0 Å². The standard InChI is InChI=1S/C17H28N2O4S2/c1-13-6-7-14(17(2,3)4)12-16(13)25(22,23)18-15-8-10-19(11-9-15)24(5,20)21/h6-7,12,15,18H,8-11H2,1-5H3. The number of sulfonamides is 2. The van der Waals surface area contributed by atoms with Gasteiger partial charge in [-0.3, -0.25) is 0 Å². The number of benzene rings is 1. The fourth-order valence-electron chi connectivity index (χ4n) is 2.94. The second kappa shape index (κ2) is 6.98. The van der Waals surface area contributed by atoms with E-state index < -0.39 is 20.0 Å². The molecule has 0 spiro atoms. The van der Waals surface area contributed by atoms with Gasteiger partial charge in [0.05, 0.1) is 11.2 Å². The minimum absolute atomic E-state index is 0.140. The highest BCUT2D eigenvalue weighted by Crippen LogP contribution is 2.27. The molecule has 1 aliphatic heterocycles. The van der Waals surface area contributed by atoms with Gasteiger partial charge in [-0.2, -0.15) is 0 Å². The number of nitrogens with one attached hydrogen (secondary N) is 1. The Morgan fingerprint density at radius 3 is 2.12 bits per heavy atom. The zero-order valence-corrected chi connectivity index (χ0v) is 17.2. The molecule has 2 rings (SSSR count). The molecule has 1 aromatic rings. The molecule has 0 bridgehead atoms. The van der Waals surface area contributed by atoms with Gasteiger partial charge in [0.25, 0.3) is 0 Å². The second-order valence-electron chi connectivity index (χ2n) is 7.79. The van der Waals surface area contributed by atoms with E-state index in [-0.39, 0.29) is 11.5 Å². The summed E-state index contributed by atoms with van der Waals surface area (Å²) in [7, 11) is -6.86. The van der Waals surface area contributed by atoms with Crippen molar-refractivity contribution >= 4 is 20.0 Å². The lowest BCUT2D eigenvalue weighted by molar-refractivity contribution is 0.310. The van der Waals surface area contributed by atoms with Crippen LogP contribution in [-0.2, 0) is 25.5 Å². The Morgan fingerprint density at radius 2 is 1.64 bits per heavy atom. The van der Waals surface area contributed by atoms with Gasteiger partial charge >= 0.3 is 0 Å². The Morgan fingerprint density at radius 1 is 1.08 bits per heavy atom. The number of rotatable bonds is 4. The average Bonchev–Trinajstić information content (AvgIpc) is 2.45. The smallest absolute Gasteiger partial charge is 0.213 e. The molecule has 6 nitrogen and oxygen atoms in total. The SMILES string of the molecule is Cc1ccc(C(C)(C)C)cc1S(=O)(=O)NC1CCN(S(C)(=O)=O)CC1. The van der Waals surface area contributed by atoms with E-state index in [2.05, 4.69) is 4.72 Å². The third-order valence-electron chi connectivity index (χ3n) is 4.59. The van der Waals surface area contributed by atoms with E-state index >= 15 is 0 Å². The molecule has 0 amide bonds. The summed E-state index contributed by atoms with van der Waals surface area (Å²) in [6.45, 7) is 8.60. The van der Waals surface area contributed by atoms with Crippen LogP contribution in [0.5, 0.6) is 0 Å². The largest absolute Gasteiger partial charge is 0.241 e. The molecule has 25 heavy (non-hydrogen) atoms. The van der Waals surface area contributed by atoms with E-state index in [1.807, 2.05) is 32.9 Å². The van der Waals surface area contributed by atoms with Crippen molar-refractivity contribution in [1.82, 2.24) is 9.03 Å². The zero-order valence-electron chi connectivity index (χ0n) is 15.5. The molecule has 1 aliphatic rings. The van der Waals surface area contributed by atoms with E-state index in [1.54, 1.807) is 13.0 Å². The fourth-order valence-corrected chi connectivity index (χ4v) is 5.39. The molecule has 1 fully saturated rings. The van der Waals surface area contributed by atoms with Crippen molar-refractivity contribution in [2.24, 2.45) is 0 Å². The van der Waals surface area contributed by atoms with Crippen molar-refractivity contribution in [3.8, 4) is 0 Å². The molecule has 0 unspecified atom stereocenters. The number of nitrogens with zero attached hydrogens (tertiary/aromatic N) is 1. The Hall–Kier alpha value is -0.960. The van der Waals surface area contributed by atoms with Gasteiger partial charge in [0.1, 0.15) is 0 Å². The van der Waals surface area contributed by atoms with E-state index in [9.17, 15) is 16.8 Å². The summed E-state index contributed by atoms with van der Waals surface area (Å²) in [4.78, 5) is 0.297. The summed E-state index contributed by atoms with van der Waals surface area (Å²) in [5, 5.41) is 0. The van der Waals surface area contributed by atoms with E-state index in [4.69, 9.17) is 0 Å². The Balaban J connectivity index is 2.18. The highest BCUT2D eigenvalue weighted by atomic mass is 32.2. The Bertz CT molecular complexity index is 832. The quantitative estimate of drug-likeness (QED) is 0.855. The van der Waals surface area contributed by atoms with Crippen LogP contribution in [0.2, 0.25) is 0 Å². The summed E-state index contributed by atoms with van der Waals surface area (Å²) >= 11 is 0. The van der Waals surface area contributed by atoms with Crippen LogP contribution in [0.3, 0.4) is 0 Å². The topological polar surface area (TPSA) is 83.6 Å². The van der Waals surface area contributed by atoms with Gasteiger partial charge in [0.2, 0.25) is 20.0 Å². The molecule has 0 radical (unpaired) electrons. The molecule has 1 N–H and O–H groups in total. The zero-order chi connectivity index (χ0) is 19.0. The maximum atomic E-state index is 12.8. The average molecular weight is 389 g/mol. The van der Waals surface area contributed by atoms with E-state index in [0.717, 1.165) is 5.56 Å². The Labute approximate surface area is 151 Å². The number of aryl methyl sites for hydroxylation is 1. The first-order valence-corrected chi connectivity index (χ1v) is 11.7. The maximum Gasteiger partial charge on any atom is 0.241 e. The molecule has 1 heterocycles. The van der Waals surface area contributed by atoms with Gasteiger partial charge in [-0.1, -0.05) is 32.9 Å². The molecular formula is C17H28N2O4S2. The predicted octanol–water partition coefficient (Wildman–Crippen LogP) is 1.99. The normalized spacial score (nSPS) is 18.4. The van der Waals surface area contributed by atoms with Crippen molar-refractivity contribution in [2.45, 2.75) is 56.9 Å². The van der Waals surface area contributed by atoms with Crippen molar-refractivity contribution in [1.29, 1.82) is 0 Å². The van der Waals surface area contributed by atoms with Gasteiger partial charge in [-0.05, 0) is 42.4 Å². The second-order valence-corrected chi connectivity index (χ2v) is 11.5. The summed E-state index contributed by atoms with van der Waals surface area (Å²) in [6, 6.07) is 5.28. The monoisotopic (exact) mass is 388 g/mol. The highest BCUT2D eigenvalue weighted by molar-refractivity contribution is 7.89. The summed E-state index contributed by atoms with van der Waals surface area (Å²) < 4.78 is 52.9. The van der Waals surface area contributed by atoms with Crippen LogP contribution < -0.4 is 4.72 Å². The summed E-state index contributed by atoms with van der Waals surface area (Å²) in [6.07, 6.45) is 2.13. The fraction of sp³-hybridized carbons (Fsp3) is 0.647.